The average Bonchev–Trinajstić information content (AvgIpc) is 2.57. The zero-order chi connectivity index (χ0) is 18.4. The number of hydrogen-bond donors (Lipinski definition) is 0. The molecule has 0 N–H and O–H groups in total. The van der Waals surface area contributed by atoms with Crippen LogP contribution in [0, 0.1) is 17.2 Å². The van der Waals surface area contributed by atoms with Crippen LogP contribution in [0.2, 0.25) is 0 Å². The van der Waals surface area contributed by atoms with Crippen LogP contribution in [0.15, 0.2) is 24.3 Å². The molecule has 5 heteroatoms. The molecule has 1 aliphatic heterocycles. The summed E-state index contributed by atoms with van der Waals surface area (Å²) < 4.78 is 19.5. The molecule has 1 saturated heterocycles. The van der Waals surface area contributed by atoms with E-state index in [9.17, 15) is 14.0 Å². The molecular weight excluding hydrogens is 321 g/mol. The summed E-state index contributed by atoms with van der Waals surface area (Å²) >= 11 is 0. The average molecular weight is 349 g/mol. The minimum Gasteiger partial charge on any atom is -0.466 e. The number of amides is 1. The number of carbonyl (C=O) groups is 2. The van der Waals surface area contributed by atoms with E-state index in [0.29, 0.717) is 31.5 Å². The first kappa shape index (κ1) is 19.4. The van der Waals surface area contributed by atoms with Gasteiger partial charge in [0.05, 0.1) is 12.0 Å². The maximum Gasteiger partial charge on any atom is 0.314 e. The normalized spacial score (nSPS) is 20.6. The number of ether oxygens (including phenoxy) is 1. The smallest absolute Gasteiger partial charge is 0.314 e. The van der Waals surface area contributed by atoms with Crippen molar-refractivity contribution in [3.8, 4) is 0 Å². The first-order chi connectivity index (χ1) is 11.9. The highest BCUT2D eigenvalue weighted by Gasteiger charge is 2.45. The SMILES string of the molecule is CCOC(=O)[C@@]1(Cc2ccccc2F)CCCN(C(=O)CC(C)C)C1. The molecule has 0 aromatic heterocycles. The number of rotatable bonds is 6. The number of hydrogen-bond acceptors (Lipinski definition) is 3. The maximum atomic E-state index is 14.2. The summed E-state index contributed by atoms with van der Waals surface area (Å²) in [5.41, 5.74) is -0.378. The van der Waals surface area contributed by atoms with Gasteiger partial charge in [0.15, 0.2) is 0 Å². The fourth-order valence-corrected chi connectivity index (χ4v) is 3.50. The third-order valence-corrected chi connectivity index (χ3v) is 4.71. The van der Waals surface area contributed by atoms with Crippen molar-refractivity contribution in [3.63, 3.8) is 0 Å². The molecule has 1 fully saturated rings. The van der Waals surface area contributed by atoms with Crippen LogP contribution < -0.4 is 0 Å². The molecule has 1 aliphatic rings. The zero-order valence-electron chi connectivity index (χ0n) is 15.4. The van der Waals surface area contributed by atoms with Gasteiger partial charge in [0.2, 0.25) is 5.91 Å². The topological polar surface area (TPSA) is 46.6 Å². The number of likely N-dealkylation sites (tertiary alicyclic amines) is 1. The fourth-order valence-electron chi connectivity index (χ4n) is 3.50. The Balaban J connectivity index is 2.27. The van der Waals surface area contributed by atoms with Crippen molar-refractivity contribution in [1.82, 2.24) is 4.90 Å². The van der Waals surface area contributed by atoms with Gasteiger partial charge in [-0.3, -0.25) is 9.59 Å². The Kier molecular flexibility index (Phi) is 6.57. The van der Waals surface area contributed by atoms with Crippen molar-refractivity contribution in [3.05, 3.63) is 35.6 Å². The van der Waals surface area contributed by atoms with Crippen LogP contribution in [-0.2, 0) is 20.7 Å². The second-order valence-corrected chi connectivity index (χ2v) is 7.29. The number of benzene rings is 1. The second kappa shape index (κ2) is 8.45. The molecule has 138 valence electrons. The fraction of sp³-hybridized carbons (Fsp3) is 0.600. The minimum absolute atomic E-state index is 0.0527. The molecule has 1 heterocycles. The molecule has 0 bridgehead atoms. The Labute approximate surface area is 149 Å². The van der Waals surface area contributed by atoms with Gasteiger partial charge in [-0.05, 0) is 43.7 Å². The van der Waals surface area contributed by atoms with Crippen LogP contribution in [0.3, 0.4) is 0 Å². The van der Waals surface area contributed by atoms with Gasteiger partial charge < -0.3 is 9.64 Å². The third kappa shape index (κ3) is 4.80. The molecule has 0 saturated carbocycles. The van der Waals surface area contributed by atoms with Crippen molar-refractivity contribution in [2.45, 2.75) is 46.5 Å². The summed E-state index contributed by atoms with van der Waals surface area (Å²) in [6, 6.07) is 6.50. The van der Waals surface area contributed by atoms with Crippen molar-refractivity contribution in [2.75, 3.05) is 19.7 Å². The van der Waals surface area contributed by atoms with E-state index >= 15 is 0 Å². The number of nitrogens with zero attached hydrogens (tertiary/aromatic N) is 1. The Morgan fingerprint density at radius 1 is 1.32 bits per heavy atom. The van der Waals surface area contributed by atoms with Gasteiger partial charge in [0.1, 0.15) is 5.82 Å². The number of carbonyl (C=O) groups excluding carboxylic acids is 2. The van der Waals surface area contributed by atoms with Crippen molar-refractivity contribution in [1.29, 1.82) is 0 Å². The lowest BCUT2D eigenvalue weighted by atomic mass is 9.74. The highest BCUT2D eigenvalue weighted by molar-refractivity contribution is 5.81. The summed E-state index contributed by atoms with van der Waals surface area (Å²) in [7, 11) is 0. The van der Waals surface area contributed by atoms with Gasteiger partial charge in [0.25, 0.3) is 0 Å². The van der Waals surface area contributed by atoms with Crippen LogP contribution >= 0.6 is 0 Å². The predicted molar refractivity (Wildman–Crippen MR) is 94.4 cm³/mol. The van der Waals surface area contributed by atoms with Gasteiger partial charge in [-0.25, -0.2) is 4.39 Å². The van der Waals surface area contributed by atoms with E-state index in [1.54, 1.807) is 30.0 Å². The largest absolute Gasteiger partial charge is 0.466 e. The standard InChI is InChI=1S/C20H28FNO3/c1-4-25-19(24)20(13-16-8-5-6-9-17(16)21)10-7-11-22(14-20)18(23)12-15(2)3/h5-6,8-9,15H,4,7,10-14H2,1-3H3/t20-/m1/s1. The van der Waals surface area contributed by atoms with Crippen LogP contribution in [0.1, 0.15) is 45.6 Å². The van der Waals surface area contributed by atoms with Gasteiger partial charge in [0, 0.05) is 19.5 Å². The van der Waals surface area contributed by atoms with Gasteiger partial charge >= 0.3 is 5.97 Å². The van der Waals surface area contributed by atoms with Crippen LogP contribution in [-0.4, -0.2) is 36.5 Å². The molecular formula is C20H28FNO3. The van der Waals surface area contributed by atoms with Gasteiger partial charge in [-0.15, -0.1) is 0 Å². The van der Waals surface area contributed by atoms with E-state index in [-0.39, 0.29) is 36.6 Å². The summed E-state index contributed by atoms with van der Waals surface area (Å²) in [5, 5.41) is 0. The van der Waals surface area contributed by atoms with E-state index in [1.165, 1.54) is 6.07 Å². The quantitative estimate of drug-likeness (QED) is 0.738. The highest BCUT2D eigenvalue weighted by atomic mass is 19.1. The monoisotopic (exact) mass is 349 g/mol. The van der Waals surface area contributed by atoms with E-state index in [1.807, 2.05) is 13.8 Å². The lowest BCUT2D eigenvalue weighted by molar-refractivity contribution is -0.161. The van der Waals surface area contributed by atoms with Crippen LogP contribution in [0.25, 0.3) is 0 Å². The van der Waals surface area contributed by atoms with E-state index in [0.717, 1.165) is 6.42 Å². The lowest BCUT2D eigenvalue weighted by Crippen LogP contribution is -2.51. The first-order valence-corrected chi connectivity index (χ1v) is 9.06. The number of halogens is 1. The summed E-state index contributed by atoms with van der Waals surface area (Å²) in [6.07, 6.45) is 2.03. The molecule has 1 aromatic carbocycles. The summed E-state index contributed by atoms with van der Waals surface area (Å²) in [5.74, 6) is -0.341. The second-order valence-electron chi connectivity index (χ2n) is 7.29. The zero-order valence-corrected chi connectivity index (χ0v) is 15.4. The van der Waals surface area contributed by atoms with E-state index in [2.05, 4.69) is 0 Å². The molecule has 0 unspecified atom stereocenters. The maximum absolute atomic E-state index is 14.2. The first-order valence-electron chi connectivity index (χ1n) is 9.06. The van der Waals surface area contributed by atoms with Crippen LogP contribution in [0.5, 0.6) is 0 Å². The molecule has 1 amide bonds. The number of piperidine rings is 1. The summed E-state index contributed by atoms with van der Waals surface area (Å²) in [6.45, 7) is 6.98. The molecule has 0 aliphatic carbocycles. The minimum atomic E-state index is -0.872. The highest BCUT2D eigenvalue weighted by Crippen LogP contribution is 2.36. The Morgan fingerprint density at radius 2 is 2.04 bits per heavy atom. The number of esters is 1. The molecule has 2 rings (SSSR count). The third-order valence-electron chi connectivity index (χ3n) is 4.71. The van der Waals surface area contributed by atoms with Crippen molar-refractivity contribution >= 4 is 11.9 Å². The van der Waals surface area contributed by atoms with E-state index in [4.69, 9.17) is 4.74 Å². The Hall–Kier alpha value is -1.91. The van der Waals surface area contributed by atoms with Crippen molar-refractivity contribution in [2.24, 2.45) is 11.3 Å². The molecule has 25 heavy (non-hydrogen) atoms. The van der Waals surface area contributed by atoms with Crippen LogP contribution in [0.4, 0.5) is 4.39 Å². The molecule has 4 nitrogen and oxygen atoms in total. The molecule has 1 aromatic rings. The lowest BCUT2D eigenvalue weighted by Gasteiger charge is -2.41. The van der Waals surface area contributed by atoms with Crippen molar-refractivity contribution < 1.29 is 18.7 Å². The van der Waals surface area contributed by atoms with E-state index < -0.39 is 5.41 Å². The Bertz CT molecular complexity index is 617. The molecule has 1 atom stereocenters. The van der Waals surface area contributed by atoms with Gasteiger partial charge in [-0.2, -0.15) is 0 Å². The van der Waals surface area contributed by atoms with Gasteiger partial charge in [-0.1, -0.05) is 32.0 Å². The Morgan fingerprint density at radius 3 is 2.68 bits per heavy atom. The molecule has 0 spiro atoms. The summed E-state index contributed by atoms with van der Waals surface area (Å²) in [4.78, 5) is 27.0. The predicted octanol–water partition coefficient (Wildman–Crippen LogP) is 3.59. The molecule has 0 radical (unpaired) electrons.